The Morgan fingerprint density at radius 3 is 2.66 bits per heavy atom. The molecule has 3 aliphatic rings. The van der Waals surface area contributed by atoms with E-state index in [1.165, 1.54) is 18.4 Å². The number of likely N-dealkylation sites (N-methyl/N-ethyl adjacent to an activating group) is 1. The maximum atomic E-state index is 13.6. The number of nitrogens with zero attached hydrogens (tertiary/aromatic N) is 5. The first-order valence-corrected chi connectivity index (χ1v) is 13.9. The molecule has 8 nitrogen and oxygen atoms in total. The van der Waals surface area contributed by atoms with Gasteiger partial charge in [-0.25, -0.2) is 4.99 Å². The van der Waals surface area contributed by atoms with Gasteiger partial charge in [-0.2, -0.15) is 5.10 Å². The standard InChI is InChI=1S/C30H40N6O2/c1-20-15-21(2)33-30(38)26(20)18-31-29(37)25-16-23(22-9-11-35(12-10-22)14-13-34(3)4)17-28-27(25)19-32-36(28)24-7-5-6-8-24/h9,15-17,19,24,26H,5-8,10-14,18H2,1-4H3,(H,31,37). The zero-order valence-electron chi connectivity index (χ0n) is 23.2. The van der Waals surface area contributed by atoms with E-state index in [1.54, 1.807) is 0 Å². The number of hydrogen-bond donors (Lipinski definition) is 1. The van der Waals surface area contributed by atoms with E-state index < -0.39 is 5.92 Å². The van der Waals surface area contributed by atoms with Crippen molar-refractivity contribution in [3.8, 4) is 0 Å². The molecule has 38 heavy (non-hydrogen) atoms. The maximum absolute atomic E-state index is 13.6. The van der Waals surface area contributed by atoms with E-state index in [1.807, 2.05) is 32.2 Å². The Labute approximate surface area is 225 Å². The van der Waals surface area contributed by atoms with Crippen LogP contribution in [-0.4, -0.2) is 83.9 Å². The van der Waals surface area contributed by atoms with Crippen molar-refractivity contribution < 1.29 is 9.59 Å². The molecule has 0 bridgehead atoms. The van der Waals surface area contributed by atoms with Crippen LogP contribution in [0.4, 0.5) is 0 Å². The number of aliphatic imine (C=N–C) groups is 1. The van der Waals surface area contributed by atoms with Crippen molar-refractivity contribution in [2.45, 2.75) is 52.0 Å². The average molecular weight is 517 g/mol. The summed E-state index contributed by atoms with van der Waals surface area (Å²) >= 11 is 0. The first-order valence-electron chi connectivity index (χ1n) is 13.9. The zero-order valence-corrected chi connectivity index (χ0v) is 23.2. The first-order chi connectivity index (χ1) is 18.3. The summed E-state index contributed by atoms with van der Waals surface area (Å²) in [5.74, 6) is -0.780. The summed E-state index contributed by atoms with van der Waals surface area (Å²) in [6, 6.07) is 4.63. The first kappa shape index (κ1) is 26.5. The van der Waals surface area contributed by atoms with Gasteiger partial charge in [-0.05, 0) is 76.6 Å². The summed E-state index contributed by atoms with van der Waals surface area (Å²) in [5, 5.41) is 8.68. The molecule has 1 aromatic heterocycles. The van der Waals surface area contributed by atoms with Gasteiger partial charge in [0.15, 0.2) is 0 Å². The van der Waals surface area contributed by atoms with E-state index in [2.05, 4.69) is 51.0 Å². The molecule has 2 amide bonds. The summed E-state index contributed by atoms with van der Waals surface area (Å²) in [6.45, 7) is 8.01. The fourth-order valence-corrected chi connectivity index (χ4v) is 5.92. The molecule has 5 rings (SSSR count). The number of hydrogen-bond acceptors (Lipinski definition) is 5. The third kappa shape index (κ3) is 5.66. The Kier molecular flexibility index (Phi) is 7.91. The molecule has 8 heteroatoms. The van der Waals surface area contributed by atoms with Gasteiger partial charge in [0.2, 0.25) is 0 Å². The summed E-state index contributed by atoms with van der Waals surface area (Å²) in [4.78, 5) is 34.9. The van der Waals surface area contributed by atoms with Crippen LogP contribution in [0.25, 0.3) is 16.5 Å². The van der Waals surface area contributed by atoms with E-state index >= 15 is 0 Å². The number of carbonyl (C=O) groups excluding carboxylic acids is 2. The number of dihydropyridines is 1. The van der Waals surface area contributed by atoms with Crippen LogP contribution in [0.2, 0.25) is 0 Å². The molecular formula is C30H40N6O2. The van der Waals surface area contributed by atoms with Crippen LogP contribution < -0.4 is 5.32 Å². The average Bonchev–Trinajstić information content (AvgIpc) is 3.56. The Balaban J connectivity index is 1.43. The van der Waals surface area contributed by atoms with Crippen LogP contribution in [0.1, 0.15) is 67.9 Å². The van der Waals surface area contributed by atoms with Crippen LogP contribution in [-0.2, 0) is 4.79 Å². The molecule has 0 spiro atoms. The van der Waals surface area contributed by atoms with Gasteiger partial charge in [0.25, 0.3) is 11.8 Å². The van der Waals surface area contributed by atoms with Crippen molar-refractivity contribution in [2.75, 3.05) is 46.8 Å². The van der Waals surface area contributed by atoms with Gasteiger partial charge >= 0.3 is 0 Å². The number of carbonyl (C=O) groups is 2. The minimum atomic E-state index is -0.420. The summed E-state index contributed by atoms with van der Waals surface area (Å²) in [5.41, 5.74) is 5.68. The normalized spacial score (nSPS) is 21.1. The number of aromatic nitrogens is 2. The fourth-order valence-electron chi connectivity index (χ4n) is 5.92. The van der Waals surface area contributed by atoms with Crippen LogP contribution in [0.3, 0.4) is 0 Å². The van der Waals surface area contributed by atoms with Gasteiger partial charge < -0.3 is 10.2 Å². The molecule has 202 valence electrons. The highest BCUT2D eigenvalue weighted by Gasteiger charge is 2.26. The second kappa shape index (κ2) is 11.3. The van der Waals surface area contributed by atoms with E-state index in [4.69, 9.17) is 5.10 Å². The van der Waals surface area contributed by atoms with Gasteiger partial charge in [0.1, 0.15) is 0 Å². The topological polar surface area (TPSA) is 82.8 Å². The number of allylic oxidation sites excluding steroid dienone is 1. The largest absolute Gasteiger partial charge is 0.351 e. The Morgan fingerprint density at radius 1 is 1.18 bits per heavy atom. The minimum Gasteiger partial charge on any atom is -0.351 e. The monoisotopic (exact) mass is 516 g/mol. The summed E-state index contributed by atoms with van der Waals surface area (Å²) in [7, 11) is 4.22. The molecule has 0 saturated heterocycles. The molecule has 1 saturated carbocycles. The van der Waals surface area contributed by atoms with Crippen LogP contribution >= 0.6 is 0 Å². The second-order valence-electron chi connectivity index (χ2n) is 11.3. The fraction of sp³-hybridized carbons (Fsp3) is 0.533. The predicted molar refractivity (Wildman–Crippen MR) is 153 cm³/mol. The number of fused-ring (bicyclic) bond motifs is 1. The van der Waals surface area contributed by atoms with Crippen molar-refractivity contribution in [1.29, 1.82) is 0 Å². The predicted octanol–water partition coefficient (Wildman–Crippen LogP) is 4.10. The lowest BCUT2D eigenvalue weighted by Crippen LogP contribution is -2.35. The van der Waals surface area contributed by atoms with Crippen LogP contribution in [0.15, 0.2) is 41.0 Å². The number of benzene rings is 1. The molecule has 1 aliphatic carbocycles. The third-order valence-corrected chi connectivity index (χ3v) is 8.20. The number of amides is 2. The van der Waals surface area contributed by atoms with Crippen molar-refractivity contribution in [2.24, 2.45) is 10.9 Å². The molecule has 0 radical (unpaired) electrons. The molecule has 1 atom stereocenters. The van der Waals surface area contributed by atoms with Gasteiger partial charge in [-0.3, -0.25) is 19.2 Å². The minimum absolute atomic E-state index is 0.168. The van der Waals surface area contributed by atoms with E-state index in [0.717, 1.165) is 67.5 Å². The van der Waals surface area contributed by atoms with E-state index in [-0.39, 0.29) is 18.4 Å². The maximum Gasteiger partial charge on any atom is 0.254 e. The van der Waals surface area contributed by atoms with Gasteiger partial charge in [-0.1, -0.05) is 24.5 Å². The lowest BCUT2D eigenvalue weighted by atomic mass is 9.94. The number of rotatable bonds is 8. The van der Waals surface area contributed by atoms with Crippen LogP contribution in [0, 0.1) is 5.92 Å². The van der Waals surface area contributed by atoms with E-state index in [9.17, 15) is 9.59 Å². The highest BCUT2D eigenvalue weighted by Crippen LogP contribution is 2.35. The molecule has 3 heterocycles. The molecular weight excluding hydrogens is 476 g/mol. The summed E-state index contributed by atoms with van der Waals surface area (Å²) < 4.78 is 2.14. The Hall–Kier alpha value is -3.10. The van der Waals surface area contributed by atoms with Crippen molar-refractivity contribution in [1.82, 2.24) is 24.9 Å². The molecule has 1 aromatic carbocycles. The second-order valence-corrected chi connectivity index (χ2v) is 11.3. The zero-order chi connectivity index (χ0) is 26.8. The molecule has 2 aliphatic heterocycles. The van der Waals surface area contributed by atoms with Crippen molar-refractivity contribution in [3.05, 3.63) is 47.2 Å². The van der Waals surface area contributed by atoms with Gasteiger partial charge in [-0.15, -0.1) is 0 Å². The van der Waals surface area contributed by atoms with Crippen molar-refractivity contribution in [3.63, 3.8) is 0 Å². The third-order valence-electron chi connectivity index (χ3n) is 8.20. The highest BCUT2D eigenvalue weighted by atomic mass is 16.2. The van der Waals surface area contributed by atoms with Crippen molar-refractivity contribution >= 4 is 34.0 Å². The SMILES string of the molecule is CC1=CC(C)=NC(=O)C1CNC(=O)c1cc(C2=CCN(CCN(C)C)CC2)cc2c1cnn2C1CCCC1. The smallest absolute Gasteiger partial charge is 0.254 e. The number of nitrogens with one attached hydrogen (secondary N) is 1. The molecule has 1 fully saturated rings. The van der Waals surface area contributed by atoms with E-state index in [0.29, 0.717) is 17.3 Å². The van der Waals surface area contributed by atoms with Gasteiger partial charge in [0.05, 0.1) is 29.2 Å². The Bertz CT molecular complexity index is 1310. The lowest BCUT2D eigenvalue weighted by molar-refractivity contribution is -0.120. The van der Waals surface area contributed by atoms with Gasteiger partial charge in [0, 0.05) is 43.8 Å². The Morgan fingerprint density at radius 2 is 1.97 bits per heavy atom. The molecule has 2 aromatic rings. The van der Waals surface area contributed by atoms with Crippen LogP contribution in [0.5, 0.6) is 0 Å². The molecule has 1 N–H and O–H groups in total. The highest BCUT2D eigenvalue weighted by molar-refractivity contribution is 6.08. The summed E-state index contributed by atoms with van der Waals surface area (Å²) in [6.07, 6.45) is 11.7. The quantitative estimate of drug-likeness (QED) is 0.571. The lowest BCUT2D eigenvalue weighted by Gasteiger charge is -2.27. The molecule has 1 unspecified atom stereocenters.